The Bertz CT molecular complexity index is 856. The summed E-state index contributed by atoms with van der Waals surface area (Å²) in [6.07, 6.45) is 56.5. The van der Waals surface area contributed by atoms with E-state index in [-0.39, 0.29) is 0 Å². The summed E-state index contributed by atoms with van der Waals surface area (Å²) in [6.45, 7) is 6.21. The van der Waals surface area contributed by atoms with Crippen LogP contribution in [-0.2, 0) is 5.75 Å². The smallest absolute Gasteiger partial charge is 0.127 e. The zero-order valence-electron chi connectivity index (χ0n) is 36.9. The molecule has 0 bridgehead atoms. The Morgan fingerprint density at radius 1 is 0.333 bits per heavy atom. The lowest BCUT2D eigenvalue weighted by atomic mass is 10.0. The van der Waals surface area contributed by atoms with Crippen molar-refractivity contribution in [3.63, 3.8) is 0 Å². The molecular weight excluding hydrogens is 677 g/mol. The summed E-state index contributed by atoms with van der Waals surface area (Å²) in [4.78, 5) is 0. The summed E-state index contributed by atoms with van der Waals surface area (Å²) in [7, 11) is 0. The minimum absolute atomic E-state index is 0.703. The van der Waals surface area contributed by atoms with Gasteiger partial charge in [-0.3, -0.25) is 0 Å². The Morgan fingerprint density at radius 3 is 0.870 bits per heavy atom. The molecule has 0 saturated heterocycles. The van der Waals surface area contributed by atoms with Gasteiger partial charge in [0.1, 0.15) is 11.5 Å². The second-order valence-corrected chi connectivity index (χ2v) is 17.4. The minimum Gasteiger partial charge on any atom is -0.493 e. The van der Waals surface area contributed by atoms with Crippen LogP contribution in [0, 0.1) is 0 Å². The highest BCUT2D eigenvalue weighted by molar-refractivity contribution is 7.79. The number of hydrogen-bond acceptors (Lipinski definition) is 3. The van der Waals surface area contributed by atoms with E-state index in [0.29, 0.717) is 5.75 Å². The molecule has 1 aromatic carbocycles. The topological polar surface area (TPSA) is 18.5 Å². The van der Waals surface area contributed by atoms with Crippen LogP contribution in [0.3, 0.4) is 0 Å². The fraction of sp³-hybridized carbons (Fsp3) is 0.882. The van der Waals surface area contributed by atoms with Crippen LogP contribution in [0.25, 0.3) is 0 Å². The van der Waals surface area contributed by atoms with Crippen molar-refractivity contribution in [1.82, 2.24) is 0 Å². The van der Waals surface area contributed by atoms with Crippen molar-refractivity contribution in [2.45, 2.75) is 276 Å². The molecule has 0 aromatic heterocycles. The molecule has 1 aromatic rings. The molecule has 0 heterocycles. The van der Waals surface area contributed by atoms with Gasteiger partial charge in [-0.15, -0.1) is 0 Å². The highest BCUT2D eigenvalue weighted by Crippen LogP contribution is 2.27. The maximum atomic E-state index is 6.23. The third-order valence-electron chi connectivity index (χ3n) is 11.7. The van der Waals surface area contributed by atoms with Gasteiger partial charge in [-0.05, 0) is 18.9 Å². The highest BCUT2D eigenvalue weighted by Gasteiger charge is 2.06. The van der Waals surface area contributed by atoms with Crippen molar-refractivity contribution in [2.24, 2.45) is 0 Å². The van der Waals surface area contributed by atoms with Crippen molar-refractivity contribution in [2.75, 3.05) is 13.2 Å². The van der Waals surface area contributed by atoms with Gasteiger partial charge in [0.2, 0.25) is 0 Å². The van der Waals surface area contributed by atoms with E-state index in [1.165, 1.54) is 244 Å². The molecule has 1 rings (SSSR count). The SMILES string of the molecule is CCCCCCCCCCCCCCCCCCCCCCOc1ccc(CS)c(OCCCCCCCCCCCCCCCCCCCCCC)c1. The molecule has 0 amide bonds. The summed E-state index contributed by atoms with van der Waals surface area (Å²) in [5.74, 6) is 2.61. The van der Waals surface area contributed by atoms with E-state index in [2.05, 4.69) is 44.7 Å². The Kier molecular flexibility index (Phi) is 41.0. The Balaban J connectivity index is 1.89. The van der Waals surface area contributed by atoms with E-state index in [1.54, 1.807) is 0 Å². The second kappa shape index (κ2) is 43.3. The molecule has 318 valence electrons. The number of thiol groups is 1. The van der Waals surface area contributed by atoms with Gasteiger partial charge in [0, 0.05) is 17.4 Å². The quantitative estimate of drug-likeness (QED) is 0.0526. The molecular formula is C51H96O2S. The zero-order valence-corrected chi connectivity index (χ0v) is 37.8. The molecule has 0 atom stereocenters. The summed E-state index contributed by atoms with van der Waals surface area (Å²) in [6, 6.07) is 6.32. The predicted octanol–water partition coefficient (Wildman–Crippen LogP) is 18.5. The molecule has 0 aliphatic carbocycles. The van der Waals surface area contributed by atoms with Gasteiger partial charge in [0.25, 0.3) is 0 Å². The van der Waals surface area contributed by atoms with Gasteiger partial charge < -0.3 is 9.47 Å². The van der Waals surface area contributed by atoms with Crippen molar-refractivity contribution in [3.8, 4) is 11.5 Å². The molecule has 0 spiro atoms. The van der Waals surface area contributed by atoms with Gasteiger partial charge in [-0.25, -0.2) is 0 Å². The largest absolute Gasteiger partial charge is 0.493 e. The van der Waals surface area contributed by atoms with Crippen LogP contribution in [-0.4, -0.2) is 13.2 Å². The van der Waals surface area contributed by atoms with E-state index in [4.69, 9.17) is 9.47 Å². The van der Waals surface area contributed by atoms with Crippen LogP contribution in [0.2, 0.25) is 0 Å². The van der Waals surface area contributed by atoms with E-state index >= 15 is 0 Å². The third-order valence-corrected chi connectivity index (χ3v) is 12.1. The third kappa shape index (κ3) is 35.6. The highest BCUT2D eigenvalue weighted by atomic mass is 32.1. The Morgan fingerprint density at radius 2 is 0.593 bits per heavy atom. The van der Waals surface area contributed by atoms with Gasteiger partial charge in [-0.2, -0.15) is 12.6 Å². The first-order chi connectivity index (χ1) is 26.8. The average Bonchev–Trinajstić information content (AvgIpc) is 3.19. The fourth-order valence-corrected chi connectivity index (χ4v) is 8.24. The first kappa shape index (κ1) is 51.2. The van der Waals surface area contributed by atoms with E-state index < -0.39 is 0 Å². The van der Waals surface area contributed by atoms with Crippen LogP contribution in [0.1, 0.15) is 276 Å². The molecule has 2 nitrogen and oxygen atoms in total. The summed E-state index contributed by atoms with van der Waals surface area (Å²) in [5.41, 5.74) is 1.16. The lowest BCUT2D eigenvalue weighted by molar-refractivity contribution is 0.288. The first-order valence-electron chi connectivity index (χ1n) is 24.8. The van der Waals surface area contributed by atoms with Crippen LogP contribution in [0.4, 0.5) is 0 Å². The molecule has 0 saturated carbocycles. The standard InChI is InChI=1S/C51H96O2S/c1-3-5-7-9-11-13-15-17-19-21-23-25-27-29-31-33-35-37-39-41-45-52-50-44-43-49(48-54)51(47-50)53-46-42-40-38-36-34-32-30-28-26-24-22-20-18-16-14-12-10-8-6-4-2/h43-44,47,54H,3-42,45-46,48H2,1-2H3. The number of unbranched alkanes of at least 4 members (excludes halogenated alkanes) is 38. The summed E-state index contributed by atoms with van der Waals surface area (Å²) < 4.78 is 12.4. The number of rotatable bonds is 45. The molecule has 0 N–H and O–H groups in total. The van der Waals surface area contributed by atoms with Gasteiger partial charge in [-0.1, -0.05) is 264 Å². The first-order valence-corrected chi connectivity index (χ1v) is 25.4. The van der Waals surface area contributed by atoms with Crippen LogP contribution in [0.5, 0.6) is 11.5 Å². The number of ether oxygens (including phenoxy) is 2. The van der Waals surface area contributed by atoms with Crippen molar-refractivity contribution >= 4 is 12.6 Å². The van der Waals surface area contributed by atoms with E-state index in [1.807, 2.05) is 0 Å². The van der Waals surface area contributed by atoms with Gasteiger partial charge in [0.15, 0.2) is 0 Å². The van der Waals surface area contributed by atoms with Crippen LogP contribution < -0.4 is 9.47 Å². The maximum Gasteiger partial charge on any atom is 0.127 e. The molecule has 0 fully saturated rings. The summed E-state index contributed by atoms with van der Waals surface area (Å²) >= 11 is 4.54. The van der Waals surface area contributed by atoms with E-state index in [0.717, 1.165) is 43.1 Å². The zero-order chi connectivity index (χ0) is 38.7. The van der Waals surface area contributed by atoms with E-state index in [9.17, 15) is 0 Å². The molecule has 3 heteroatoms. The molecule has 0 radical (unpaired) electrons. The van der Waals surface area contributed by atoms with Crippen molar-refractivity contribution in [3.05, 3.63) is 23.8 Å². The normalized spacial score (nSPS) is 11.5. The van der Waals surface area contributed by atoms with Gasteiger partial charge in [0.05, 0.1) is 13.2 Å². The van der Waals surface area contributed by atoms with Crippen molar-refractivity contribution < 1.29 is 9.47 Å². The lowest BCUT2D eigenvalue weighted by Crippen LogP contribution is -2.02. The number of benzene rings is 1. The maximum absolute atomic E-state index is 6.23. The predicted molar refractivity (Wildman–Crippen MR) is 246 cm³/mol. The lowest BCUT2D eigenvalue weighted by Gasteiger charge is -2.13. The van der Waals surface area contributed by atoms with Gasteiger partial charge >= 0.3 is 0 Å². The molecule has 0 aliphatic heterocycles. The Hall–Kier alpha value is -0.830. The van der Waals surface area contributed by atoms with Crippen LogP contribution in [0.15, 0.2) is 18.2 Å². The number of hydrogen-bond donors (Lipinski definition) is 1. The monoisotopic (exact) mass is 773 g/mol. The average molecular weight is 773 g/mol. The fourth-order valence-electron chi connectivity index (χ4n) is 7.98. The molecule has 0 unspecified atom stereocenters. The second-order valence-electron chi connectivity index (χ2n) is 17.1. The van der Waals surface area contributed by atoms with Crippen LogP contribution >= 0.6 is 12.6 Å². The summed E-state index contributed by atoms with van der Waals surface area (Å²) in [5, 5.41) is 0. The molecule has 54 heavy (non-hydrogen) atoms. The van der Waals surface area contributed by atoms with Crippen molar-refractivity contribution in [1.29, 1.82) is 0 Å². The molecule has 0 aliphatic rings. The Labute approximate surface area is 345 Å². The minimum atomic E-state index is 0.703.